The molecule has 0 aliphatic heterocycles. The molecule has 0 aliphatic rings. The molecule has 118 valence electrons. The van der Waals surface area contributed by atoms with Crippen LogP contribution in [0.15, 0.2) is 47.8 Å². The largest absolute Gasteiger partial charge is 0.325 e. The third kappa shape index (κ3) is 3.77. The Balaban J connectivity index is 1.72. The summed E-state index contributed by atoms with van der Waals surface area (Å²) < 4.78 is 1.84. The molecule has 0 bridgehead atoms. The smallest absolute Gasteiger partial charge is 0.237 e. The number of thioether (sulfide) groups is 1. The number of nitrogens with zero attached hydrogens (tertiary/aromatic N) is 3. The summed E-state index contributed by atoms with van der Waals surface area (Å²) >= 11 is 13.2. The molecule has 2 aromatic heterocycles. The van der Waals surface area contributed by atoms with Crippen LogP contribution in [0.4, 0.5) is 5.69 Å². The van der Waals surface area contributed by atoms with Gasteiger partial charge in [0, 0.05) is 21.9 Å². The van der Waals surface area contributed by atoms with E-state index in [4.69, 9.17) is 23.2 Å². The zero-order valence-electron chi connectivity index (χ0n) is 12.0. The van der Waals surface area contributed by atoms with E-state index >= 15 is 0 Å². The lowest BCUT2D eigenvalue weighted by Gasteiger charge is -2.11. The van der Waals surface area contributed by atoms with Crippen molar-refractivity contribution in [2.24, 2.45) is 0 Å². The normalized spacial score (nSPS) is 12.3. The Morgan fingerprint density at radius 2 is 1.96 bits per heavy atom. The van der Waals surface area contributed by atoms with Crippen LogP contribution in [-0.4, -0.2) is 25.8 Å². The molecule has 0 unspecified atom stereocenters. The molecule has 1 amide bonds. The summed E-state index contributed by atoms with van der Waals surface area (Å²) in [6, 6.07) is 10.5. The van der Waals surface area contributed by atoms with Crippen LogP contribution in [-0.2, 0) is 4.79 Å². The van der Waals surface area contributed by atoms with Crippen LogP contribution >= 0.6 is 35.0 Å². The second kappa shape index (κ2) is 6.78. The highest BCUT2D eigenvalue weighted by Gasteiger charge is 2.18. The standard InChI is InChI=1S/C15H12Cl2N4OS/c1-9(14(22)18-12-7-10(16)6-11(17)8-12)23-15-20-19-13-4-2-3-5-21(13)15/h2-9H,1H3,(H,18,22)/t9-/m0/s1. The number of carbonyl (C=O) groups is 1. The summed E-state index contributed by atoms with van der Waals surface area (Å²) in [7, 11) is 0. The molecule has 0 saturated heterocycles. The molecule has 0 aliphatic carbocycles. The highest BCUT2D eigenvalue weighted by molar-refractivity contribution is 8.00. The fourth-order valence-corrected chi connectivity index (χ4v) is 3.35. The van der Waals surface area contributed by atoms with Crippen molar-refractivity contribution in [3.63, 3.8) is 0 Å². The van der Waals surface area contributed by atoms with Crippen molar-refractivity contribution in [3.05, 3.63) is 52.6 Å². The van der Waals surface area contributed by atoms with E-state index in [-0.39, 0.29) is 11.2 Å². The number of aromatic nitrogens is 3. The summed E-state index contributed by atoms with van der Waals surface area (Å²) in [6.07, 6.45) is 1.86. The maximum absolute atomic E-state index is 12.3. The average Bonchev–Trinajstić information content (AvgIpc) is 2.89. The Hall–Kier alpha value is -1.76. The number of halogens is 2. The van der Waals surface area contributed by atoms with Crippen molar-refractivity contribution in [2.75, 3.05) is 5.32 Å². The zero-order valence-corrected chi connectivity index (χ0v) is 14.4. The third-order valence-corrected chi connectivity index (χ3v) is 4.56. The number of pyridine rings is 1. The highest BCUT2D eigenvalue weighted by Crippen LogP contribution is 2.25. The van der Waals surface area contributed by atoms with Gasteiger partial charge in [-0.15, -0.1) is 10.2 Å². The molecular weight excluding hydrogens is 355 g/mol. The van der Waals surface area contributed by atoms with E-state index in [1.54, 1.807) is 25.1 Å². The molecule has 8 heteroatoms. The van der Waals surface area contributed by atoms with Crippen molar-refractivity contribution in [3.8, 4) is 0 Å². The van der Waals surface area contributed by atoms with Crippen LogP contribution in [0.3, 0.4) is 0 Å². The molecular formula is C15H12Cl2N4OS. The van der Waals surface area contributed by atoms with E-state index in [2.05, 4.69) is 15.5 Å². The molecule has 0 saturated carbocycles. The topological polar surface area (TPSA) is 59.3 Å². The van der Waals surface area contributed by atoms with Crippen molar-refractivity contribution in [1.82, 2.24) is 14.6 Å². The van der Waals surface area contributed by atoms with Crippen LogP contribution < -0.4 is 5.32 Å². The second-order valence-electron chi connectivity index (χ2n) is 4.82. The van der Waals surface area contributed by atoms with Crippen LogP contribution in [0.2, 0.25) is 10.0 Å². The van der Waals surface area contributed by atoms with Crippen LogP contribution in [0.25, 0.3) is 5.65 Å². The Morgan fingerprint density at radius 3 is 2.70 bits per heavy atom. The Kier molecular flexibility index (Phi) is 4.75. The van der Waals surface area contributed by atoms with Gasteiger partial charge in [-0.3, -0.25) is 9.20 Å². The first-order valence-electron chi connectivity index (χ1n) is 6.76. The number of amides is 1. The van der Waals surface area contributed by atoms with E-state index in [1.807, 2.05) is 28.8 Å². The minimum atomic E-state index is -0.361. The highest BCUT2D eigenvalue weighted by atomic mass is 35.5. The van der Waals surface area contributed by atoms with Gasteiger partial charge in [0.25, 0.3) is 0 Å². The number of hydrogen-bond donors (Lipinski definition) is 1. The van der Waals surface area contributed by atoms with E-state index in [9.17, 15) is 4.79 Å². The molecule has 1 N–H and O–H groups in total. The van der Waals surface area contributed by atoms with E-state index < -0.39 is 0 Å². The van der Waals surface area contributed by atoms with Gasteiger partial charge in [0.05, 0.1) is 5.25 Å². The summed E-state index contributed by atoms with van der Waals surface area (Å²) in [4.78, 5) is 12.3. The van der Waals surface area contributed by atoms with Crippen molar-refractivity contribution in [1.29, 1.82) is 0 Å². The Labute approximate surface area is 147 Å². The van der Waals surface area contributed by atoms with Crippen LogP contribution in [0, 0.1) is 0 Å². The quantitative estimate of drug-likeness (QED) is 0.704. The summed E-state index contributed by atoms with van der Waals surface area (Å²) in [6.45, 7) is 1.80. The van der Waals surface area contributed by atoms with Gasteiger partial charge in [0.2, 0.25) is 5.91 Å². The van der Waals surface area contributed by atoms with Gasteiger partial charge < -0.3 is 5.32 Å². The number of fused-ring (bicyclic) bond motifs is 1. The van der Waals surface area contributed by atoms with Crippen molar-refractivity contribution in [2.45, 2.75) is 17.3 Å². The van der Waals surface area contributed by atoms with E-state index in [0.717, 1.165) is 5.65 Å². The maximum atomic E-state index is 12.3. The predicted octanol–water partition coefficient (Wildman–Crippen LogP) is 4.16. The number of nitrogens with one attached hydrogen (secondary N) is 1. The maximum Gasteiger partial charge on any atom is 0.237 e. The van der Waals surface area contributed by atoms with Gasteiger partial charge in [-0.25, -0.2) is 0 Å². The number of carbonyl (C=O) groups excluding carboxylic acids is 1. The SMILES string of the molecule is C[C@H](Sc1nnc2ccccn12)C(=O)Nc1cc(Cl)cc(Cl)c1. The zero-order chi connectivity index (χ0) is 16.4. The molecule has 3 aromatic rings. The summed E-state index contributed by atoms with van der Waals surface area (Å²) in [5.41, 5.74) is 1.30. The predicted molar refractivity (Wildman–Crippen MR) is 93.4 cm³/mol. The van der Waals surface area contributed by atoms with E-state index in [0.29, 0.717) is 20.9 Å². The van der Waals surface area contributed by atoms with Gasteiger partial charge in [0.15, 0.2) is 10.8 Å². The molecule has 1 atom stereocenters. The van der Waals surface area contributed by atoms with Gasteiger partial charge in [-0.1, -0.05) is 41.0 Å². The first-order valence-corrected chi connectivity index (χ1v) is 8.40. The number of anilines is 1. The molecule has 2 heterocycles. The molecule has 0 spiro atoms. The third-order valence-electron chi connectivity index (χ3n) is 3.06. The van der Waals surface area contributed by atoms with Crippen molar-refractivity contribution >= 4 is 52.2 Å². The number of benzene rings is 1. The molecule has 5 nitrogen and oxygen atoms in total. The number of rotatable bonds is 4. The van der Waals surface area contributed by atoms with Gasteiger partial charge in [-0.05, 0) is 37.3 Å². The molecule has 0 radical (unpaired) electrons. The molecule has 0 fully saturated rings. The first kappa shape index (κ1) is 16.1. The molecule has 3 rings (SSSR count). The lowest BCUT2D eigenvalue weighted by molar-refractivity contribution is -0.115. The summed E-state index contributed by atoms with van der Waals surface area (Å²) in [5.74, 6) is -0.166. The number of hydrogen-bond acceptors (Lipinski definition) is 4. The second-order valence-corrected chi connectivity index (χ2v) is 7.00. The minimum absolute atomic E-state index is 0.166. The average molecular weight is 367 g/mol. The minimum Gasteiger partial charge on any atom is -0.325 e. The fraction of sp³-hybridized carbons (Fsp3) is 0.133. The van der Waals surface area contributed by atoms with E-state index in [1.165, 1.54) is 11.8 Å². The Morgan fingerprint density at radius 1 is 1.22 bits per heavy atom. The summed E-state index contributed by atoms with van der Waals surface area (Å²) in [5, 5.41) is 12.2. The Bertz CT molecular complexity index is 847. The first-order chi connectivity index (χ1) is 11.0. The van der Waals surface area contributed by atoms with Crippen LogP contribution in [0.1, 0.15) is 6.92 Å². The van der Waals surface area contributed by atoms with Crippen LogP contribution in [0.5, 0.6) is 0 Å². The molecule has 1 aromatic carbocycles. The van der Waals surface area contributed by atoms with Gasteiger partial charge in [0.1, 0.15) is 0 Å². The molecule has 23 heavy (non-hydrogen) atoms. The lowest BCUT2D eigenvalue weighted by atomic mass is 10.3. The fourth-order valence-electron chi connectivity index (χ4n) is 1.98. The lowest BCUT2D eigenvalue weighted by Crippen LogP contribution is -2.22. The monoisotopic (exact) mass is 366 g/mol. The van der Waals surface area contributed by atoms with Crippen molar-refractivity contribution < 1.29 is 4.79 Å². The van der Waals surface area contributed by atoms with Gasteiger partial charge in [-0.2, -0.15) is 0 Å². The van der Waals surface area contributed by atoms with Gasteiger partial charge >= 0.3 is 0 Å².